The maximum absolute atomic E-state index is 8.47. The third-order valence-electron chi connectivity index (χ3n) is 2.44. The number of oxime groups is 1. The summed E-state index contributed by atoms with van der Waals surface area (Å²) >= 11 is 5.24. The number of allylic oxidation sites excluding steroid dienone is 4. The van der Waals surface area contributed by atoms with Gasteiger partial charge in [-0.25, -0.2) is 0 Å². The van der Waals surface area contributed by atoms with Crippen molar-refractivity contribution >= 4 is 28.9 Å². The third kappa shape index (κ3) is 2.25. The van der Waals surface area contributed by atoms with Gasteiger partial charge < -0.3 is 5.21 Å². The molecule has 0 radical (unpaired) electrons. The van der Waals surface area contributed by atoms with Gasteiger partial charge in [0, 0.05) is 4.86 Å². The molecule has 1 atom stereocenters. The van der Waals surface area contributed by atoms with Crippen LogP contribution in [0.2, 0.25) is 0 Å². The number of rotatable bonds is 2. The van der Waals surface area contributed by atoms with Crippen LogP contribution < -0.4 is 0 Å². The lowest BCUT2D eigenvalue weighted by molar-refractivity contribution is 0.320. The first-order valence-electron chi connectivity index (χ1n) is 4.98. The minimum absolute atomic E-state index is 0.0764. The van der Waals surface area contributed by atoms with Crippen LogP contribution in [-0.2, 0) is 0 Å². The number of benzene rings is 1. The number of hydrogen-bond donors (Lipinski definition) is 1. The third-order valence-corrected chi connectivity index (χ3v) is 2.83. The molecule has 0 fully saturated rings. The predicted molar refractivity (Wildman–Crippen MR) is 69.9 cm³/mol. The Balaban J connectivity index is 2.26. The molecular weight excluding hydrogens is 218 g/mol. The second kappa shape index (κ2) is 4.86. The maximum atomic E-state index is 8.47. The summed E-state index contributed by atoms with van der Waals surface area (Å²) in [7, 11) is 0. The summed E-state index contributed by atoms with van der Waals surface area (Å²) in [5, 5.41) is 11.5. The Bertz CT molecular complexity index is 474. The number of nitrogens with zero attached hydrogens (tertiary/aromatic N) is 1. The highest BCUT2D eigenvalue weighted by atomic mass is 32.1. The molecule has 0 spiro atoms. The Labute approximate surface area is 99.6 Å². The van der Waals surface area contributed by atoms with Crippen LogP contribution in [0.25, 0.3) is 5.57 Å². The van der Waals surface area contributed by atoms with Crippen molar-refractivity contribution in [3.05, 3.63) is 54.1 Å². The minimum atomic E-state index is -0.0764. The topological polar surface area (TPSA) is 32.6 Å². The van der Waals surface area contributed by atoms with E-state index in [9.17, 15) is 0 Å². The van der Waals surface area contributed by atoms with Gasteiger partial charge in [-0.15, -0.1) is 5.16 Å². The molecule has 1 unspecified atom stereocenters. The molecule has 2 nitrogen and oxygen atoms in total. The lowest BCUT2D eigenvalue weighted by atomic mass is 9.93. The SMILES string of the molecule is ON=CC1C=CC(c2ccccc2)=CC1=S. The van der Waals surface area contributed by atoms with Gasteiger partial charge in [0.1, 0.15) is 0 Å². The van der Waals surface area contributed by atoms with Crippen LogP contribution in [0.4, 0.5) is 0 Å². The van der Waals surface area contributed by atoms with E-state index in [1.165, 1.54) is 6.21 Å². The molecule has 80 valence electrons. The van der Waals surface area contributed by atoms with Crippen molar-refractivity contribution in [1.29, 1.82) is 0 Å². The maximum Gasteiger partial charge on any atom is 0.0557 e. The molecule has 3 heteroatoms. The molecule has 0 amide bonds. The van der Waals surface area contributed by atoms with Gasteiger partial charge in [-0.05, 0) is 17.2 Å². The normalized spacial score (nSPS) is 20.1. The molecule has 1 aliphatic rings. The first-order valence-corrected chi connectivity index (χ1v) is 5.39. The van der Waals surface area contributed by atoms with E-state index in [1.54, 1.807) is 0 Å². The molecule has 0 saturated heterocycles. The zero-order valence-corrected chi connectivity index (χ0v) is 9.39. The monoisotopic (exact) mass is 229 g/mol. The average molecular weight is 229 g/mol. The van der Waals surface area contributed by atoms with Crippen molar-refractivity contribution in [3.8, 4) is 0 Å². The first-order chi connectivity index (χ1) is 7.81. The van der Waals surface area contributed by atoms with Crippen LogP contribution in [0.15, 0.2) is 53.7 Å². The Hall–Kier alpha value is -1.74. The molecule has 1 aliphatic carbocycles. The Morgan fingerprint density at radius 2 is 2.00 bits per heavy atom. The summed E-state index contributed by atoms with van der Waals surface area (Å²) in [6.45, 7) is 0. The molecule has 0 aliphatic heterocycles. The van der Waals surface area contributed by atoms with Crippen LogP contribution >= 0.6 is 12.2 Å². The molecule has 1 aromatic carbocycles. The fourth-order valence-electron chi connectivity index (χ4n) is 1.60. The van der Waals surface area contributed by atoms with Crippen LogP contribution in [0.3, 0.4) is 0 Å². The molecule has 0 saturated carbocycles. The second-order valence-corrected chi connectivity index (χ2v) is 3.99. The fraction of sp³-hybridized carbons (Fsp3) is 0.0769. The summed E-state index contributed by atoms with van der Waals surface area (Å²) in [4.78, 5) is 0.763. The van der Waals surface area contributed by atoms with Crippen molar-refractivity contribution in [2.75, 3.05) is 0 Å². The van der Waals surface area contributed by atoms with Gasteiger partial charge in [0.15, 0.2) is 0 Å². The smallest absolute Gasteiger partial charge is 0.0557 e. The van der Waals surface area contributed by atoms with E-state index < -0.39 is 0 Å². The van der Waals surface area contributed by atoms with Crippen molar-refractivity contribution < 1.29 is 5.21 Å². The highest BCUT2D eigenvalue weighted by molar-refractivity contribution is 7.80. The Morgan fingerprint density at radius 3 is 2.62 bits per heavy atom. The lowest BCUT2D eigenvalue weighted by Crippen LogP contribution is -2.12. The molecule has 1 aromatic rings. The van der Waals surface area contributed by atoms with E-state index in [0.29, 0.717) is 0 Å². The van der Waals surface area contributed by atoms with Gasteiger partial charge in [-0.3, -0.25) is 0 Å². The van der Waals surface area contributed by atoms with E-state index in [1.807, 2.05) is 48.6 Å². The van der Waals surface area contributed by atoms with Gasteiger partial charge in [0.2, 0.25) is 0 Å². The van der Waals surface area contributed by atoms with Crippen LogP contribution in [0.5, 0.6) is 0 Å². The van der Waals surface area contributed by atoms with E-state index in [2.05, 4.69) is 5.16 Å². The largest absolute Gasteiger partial charge is 0.411 e. The first kappa shape index (κ1) is 10.8. The van der Waals surface area contributed by atoms with E-state index >= 15 is 0 Å². The van der Waals surface area contributed by atoms with Gasteiger partial charge in [-0.1, -0.05) is 54.7 Å². The second-order valence-electron chi connectivity index (χ2n) is 3.52. The zero-order valence-electron chi connectivity index (χ0n) is 8.58. The zero-order chi connectivity index (χ0) is 11.4. The minimum Gasteiger partial charge on any atom is -0.411 e. The molecule has 2 rings (SSSR count). The Morgan fingerprint density at radius 1 is 1.25 bits per heavy atom. The van der Waals surface area contributed by atoms with Crippen LogP contribution in [0.1, 0.15) is 5.56 Å². The summed E-state index contributed by atoms with van der Waals surface area (Å²) in [5.41, 5.74) is 2.23. The standard InChI is InChI=1S/C13H11NOS/c15-14-9-12-7-6-11(8-13(12)16)10-4-2-1-3-5-10/h1-9,12,15H. The van der Waals surface area contributed by atoms with Gasteiger partial charge in [-0.2, -0.15) is 0 Å². The van der Waals surface area contributed by atoms with Crippen molar-refractivity contribution in [2.24, 2.45) is 11.1 Å². The Kier molecular flexibility index (Phi) is 3.27. The molecule has 16 heavy (non-hydrogen) atoms. The van der Waals surface area contributed by atoms with Crippen LogP contribution in [0, 0.1) is 5.92 Å². The number of thiocarbonyl (C=S) groups is 1. The summed E-state index contributed by atoms with van der Waals surface area (Å²) < 4.78 is 0. The van der Waals surface area contributed by atoms with Crippen molar-refractivity contribution in [3.63, 3.8) is 0 Å². The van der Waals surface area contributed by atoms with Gasteiger partial charge in [0.05, 0.1) is 12.1 Å². The van der Waals surface area contributed by atoms with Gasteiger partial charge >= 0.3 is 0 Å². The average Bonchev–Trinajstić information content (AvgIpc) is 2.33. The molecule has 0 aromatic heterocycles. The highest BCUT2D eigenvalue weighted by Crippen LogP contribution is 2.22. The molecular formula is C13H11NOS. The van der Waals surface area contributed by atoms with E-state index in [0.717, 1.165) is 16.0 Å². The van der Waals surface area contributed by atoms with E-state index in [4.69, 9.17) is 17.4 Å². The summed E-state index contributed by atoms with van der Waals surface area (Å²) in [6.07, 6.45) is 7.30. The lowest BCUT2D eigenvalue weighted by Gasteiger charge is -2.13. The fourth-order valence-corrected chi connectivity index (χ4v) is 1.87. The van der Waals surface area contributed by atoms with Crippen molar-refractivity contribution in [2.45, 2.75) is 0 Å². The number of hydrogen-bond acceptors (Lipinski definition) is 3. The summed E-state index contributed by atoms with van der Waals surface area (Å²) in [5.74, 6) is -0.0764. The molecule has 1 N–H and O–H groups in total. The van der Waals surface area contributed by atoms with Crippen molar-refractivity contribution in [1.82, 2.24) is 0 Å². The highest BCUT2D eigenvalue weighted by Gasteiger charge is 2.12. The van der Waals surface area contributed by atoms with Gasteiger partial charge in [0.25, 0.3) is 0 Å². The molecule has 0 bridgehead atoms. The predicted octanol–water partition coefficient (Wildman–Crippen LogP) is 3.09. The van der Waals surface area contributed by atoms with E-state index in [-0.39, 0.29) is 5.92 Å². The summed E-state index contributed by atoms with van der Waals surface area (Å²) in [6, 6.07) is 10.1. The quantitative estimate of drug-likeness (QED) is 0.366. The molecule has 0 heterocycles. The van der Waals surface area contributed by atoms with Crippen LogP contribution in [-0.4, -0.2) is 16.3 Å².